The summed E-state index contributed by atoms with van der Waals surface area (Å²) in [7, 11) is 0. The molecule has 0 aliphatic carbocycles. The van der Waals surface area contributed by atoms with Crippen molar-refractivity contribution in [2.45, 2.75) is 38.1 Å². The van der Waals surface area contributed by atoms with Gasteiger partial charge in [-0.15, -0.1) is 0 Å². The first-order valence-corrected chi connectivity index (χ1v) is 7.51. The number of hydrogen-bond acceptors (Lipinski definition) is 4. The molecule has 1 aliphatic rings. The fraction of sp³-hybridized carbons (Fsp3) is 0.533. The molecule has 21 heavy (non-hydrogen) atoms. The maximum absolute atomic E-state index is 12.0. The summed E-state index contributed by atoms with van der Waals surface area (Å²) in [5.41, 5.74) is 5.53. The third-order valence-corrected chi connectivity index (χ3v) is 3.60. The average Bonchev–Trinajstić information content (AvgIpc) is 2.94. The van der Waals surface area contributed by atoms with Gasteiger partial charge in [-0.1, -0.05) is 17.7 Å². The zero-order valence-corrected chi connectivity index (χ0v) is 12.8. The SMILES string of the molecule is CC(CNC(=O)[C@@H]1CC[C@H](CN)O1)Oc1cccc(Cl)c1. The average molecular weight is 313 g/mol. The molecule has 5 nitrogen and oxygen atoms in total. The molecule has 1 amide bonds. The van der Waals surface area contributed by atoms with Crippen molar-refractivity contribution in [3.8, 4) is 5.75 Å². The van der Waals surface area contributed by atoms with Crippen molar-refractivity contribution >= 4 is 17.5 Å². The molecule has 0 bridgehead atoms. The van der Waals surface area contributed by atoms with Crippen LogP contribution < -0.4 is 15.8 Å². The Kier molecular flexibility index (Phi) is 5.85. The molecule has 0 aromatic heterocycles. The van der Waals surface area contributed by atoms with E-state index in [9.17, 15) is 4.79 Å². The number of ether oxygens (including phenoxy) is 2. The summed E-state index contributed by atoms with van der Waals surface area (Å²) < 4.78 is 11.2. The standard InChI is InChI=1S/C15H21ClN2O3/c1-10(20-12-4-2-3-11(16)7-12)9-18-15(19)14-6-5-13(8-17)21-14/h2-4,7,10,13-14H,5-6,8-9,17H2,1H3,(H,18,19)/t10?,13-,14+/m1/s1. The highest BCUT2D eigenvalue weighted by Gasteiger charge is 2.29. The summed E-state index contributed by atoms with van der Waals surface area (Å²) in [5.74, 6) is 0.581. The van der Waals surface area contributed by atoms with Crippen molar-refractivity contribution in [3.63, 3.8) is 0 Å². The van der Waals surface area contributed by atoms with E-state index in [1.165, 1.54) is 0 Å². The number of hydrogen-bond donors (Lipinski definition) is 2. The van der Waals surface area contributed by atoms with Crippen LogP contribution in [0.2, 0.25) is 5.02 Å². The molecule has 3 atom stereocenters. The molecular formula is C15H21ClN2O3. The van der Waals surface area contributed by atoms with Crippen LogP contribution in [-0.2, 0) is 9.53 Å². The highest BCUT2D eigenvalue weighted by Crippen LogP contribution is 2.19. The first-order chi connectivity index (χ1) is 10.1. The van der Waals surface area contributed by atoms with Crippen LogP contribution in [0, 0.1) is 0 Å². The van der Waals surface area contributed by atoms with Crippen molar-refractivity contribution in [1.29, 1.82) is 0 Å². The molecule has 1 unspecified atom stereocenters. The monoisotopic (exact) mass is 312 g/mol. The van der Waals surface area contributed by atoms with Gasteiger partial charge in [-0.3, -0.25) is 4.79 Å². The minimum Gasteiger partial charge on any atom is -0.489 e. The number of carbonyl (C=O) groups excluding carboxylic acids is 1. The lowest BCUT2D eigenvalue weighted by molar-refractivity contribution is -0.132. The first kappa shape index (κ1) is 16.1. The Morgan fingerprint density at radius 1 is 1.57 bits per heavy atom. The molecule has 1 fully saturated rings. The summed E-state index contributed by atoms with van der Waals surface area (Å²) in [6.07, 6.45) is 1.01. The van der Waals surface area contributed by atoms with Crippen LogP contribution in [-0.4, -0.2) is 37.3 Å². The lowest BCUT2D eigenvalue weighted by atomic mass is 10.2. The summed E-state index contributed by atoms with van der Waals surface area (Å²) in [6, 6.07) is 7.18. The van der Waals surface area contributed by atoms with Gasteiger partial charge in [0, 0.05) is 11.6 Å². The highest BCUT2D eigenvalue weighted by atomic mass is 35.5. The van der Waals surface area contributed by atoms with Crippen LogP contribution in [0.3, 0.4) is 0 Å². The Balaban J connectivity index is 1.73. The molecule has 0 spiro atoms. The number of rotatable bonds is 6. The molecule has 1 aromatic carbocycles. The normalized spacial score (nSPS) is 22.8. The summed E-state index contributed by atoms with van der Waals surface area (Å²) >= 11 is 5.89. The topological polar surface area (TPSA) is 73.6 Å². The maximum atomic E-state index is 12.0. The second kappa shape index (κ2) is 7.64. The predicted octanol–water partition coefficient (Wildman–Crippen LogP) is 1.73. The molecule has 1 heterocycles. The van der Waals surface area contributed by atoms with Crippen LogP contribution in [0.1, 0.15) is 19.8 Å². The quantitative estimate of drug-likeness (QED) is 0.839. The van der Waals surface area contributed by atoms with Crippen molar-refractivity contribution in [1.82, 2.24) is 5.32 Å². The Morgan fingerprint density at radius 2 is 2.38 bits per heavy atom. The zero-order valence-electron chi connectivity index (χ0n) is 12.0. The molecule has 1 aliphatic heterocycles. The third kappa shape index (κ3) is 4.88. The second-order valence-electron chi connectivity index (χ2n) is 5.19. The third-order valence-electron chi connectivity index (χ3n) is 3.36. The smallest absolute Gasteiger partial charge is 0.249 e. The highest BCUT2D eigenvalue weighted by molar-refractivity contribution is 6.30. The number of halogens is 1. The van der Waals surface area contributed by atoms with E-state index < -0.39 is 6.10 Å². The lowest BCUT2D eigenvalue weighted by Gasteiger charge is -2.17. The number of benzene rings is 1. The Hall–Kier alpha value is -1.30. The minimum absolute atomic E-state index is 0.000819. The number of amides is 1. The van der Waals surface area contributed by atoms with Crippen LogP contribution in [0.25, 0.3) is 0 Å². The van der Waals surface area contributed by atoms with Crippen molar-refractivity contribution in [3.05, 3.63) is 29.3 Å². The van der Waals surface area contributed by atoms with Gasteiger partial charge < -0.3 is 20.5 Å². The van der Waals surface area contributed by atoms with E-state index in [4.69, 9.17) is 26.8 Å². The van der Waals surface area contributed by atoms with Crippen molar-refractivity contribution in [2.24, 2.45) is 5.73 Å². The maximum Gasteiger partial charge on any atom is 0.249 e. The van der Waals surface area contributed by atoms with E-state index in [1.807, 2.05) is 19.1 Å². The molecule has 2 rings (SSSR count). The molecular weight excluding hydrogens is 292 g/mol. The molecule has 6 heteroatoms. The van der Waals surface area contributed by atoms with E-state index >= 15 is 0 Å². The zero-order chi connectivity index (χ0) is 15.2. The Labute approximate surface area is 129 Å². The van der Waals surface area contributed by atoms with E-state index in [0.717, 1.165) is 12.8 Å². The van der Waals surface area contributed by atoms with E-state index in [0.29, 0.717) is 23.9 Å². The fourth-order valence-electron chi connectivity index (χ4n) is 2.24. The van der Waals surface area contributed by atoms with Gasteiger partial charge in [-0.25, -0.2) is 0 Å². The summed E-state index contributed by atoms with van der Waals surface area (Å²) in [5, 5.41) is 3.46. The van der Waals surface area contributed by atoms with Gasteiger partial charge in [0.15, 0.2) is 0 Å². The first-order valence-electron chi connectivity index (χ1n) is 7.14. The van der Waals surface area contributed by atoms with Gasteiger partial charge in [0.2, 0.25) is 5.91 Å². The predicted molar refractivity (Wildman–Crippen MR) is 81.5 cm³/mol. The summed E-state index contributed by atoms with van der Waals surface area (Å²) in [6.45, 7) is 2.76. The van der Waals surface area contributed by atoms with Crippen molar-refractivity contribution in [2.75, 3.05) is 13.1 Å². The minimum atomic E-state index is -0.392. The molecule has 3 N–H and O–H groups in total. The Morgan fingerprint density at radius 3 is 3.05 bits per heavy atom. The van der Waals surface area contributed by atoms with Crippen LogP contribution >= 0.6 is 11.6 Å². The number of carbonyl (C=O) groups is 1. The lowest BCUT2D eigenvalue weighted by Crippen LogP contribution is -2.40. The fourth-order valence-corrected chi connectivity index (χ4v) is 2.42. The van der Waals surface area contributed by atoms with E-state index in [-0.39, 0.29) is 18.1 Å². The van der Waals surface area contributed by atoms with Crippen LogP contribution in [0.15, 0.2) is 24.3 Å². The van der Waals surface area contributed by atoms with E-state index in [2.05, 4.69) is 5.32 Å². The molecule has 1 saturated heterocycles. The number of nitrogens with one attached hydrogen (secondary N) is 1. The van der Waals surface area contributed by atoms with Crippen molar-refractivity contribution < 1.29 is 14.3 Å². The molecule has 0 saturated carbocycles. The second-order valence-corrected chi connectivity index (χ2v) is 5.63. The van der Waals surface area contributed by atoms with E-state index in [1.54, 1.807) is 12.1 Å². The molecule has 1 aromatic rings. The van der Waals surface area contributed by atoms with Gasteiger partial charge in [0.05, 0.1) is 12.6 Å². The summed E-state index contributed by atoms with van der Waals surface area (Å²) in [4.78, 5) is 12.0. The van der Waals surface area contributed by atoms with Gasteiger partial charge >= 0.3 is 0 Å². The van der Waals surface area contributed by atoms with Gasteiger partial charge in [-0.05, 0) is 38.0 Å². The van der Waals surface area contributed by atoms with Gasteiger partial charge in [-0.2, -0.15) is 0 Å². The molecule has 0 radical (unpaired) electrons. The van der Waals surface area contributed by atoms with Crippen LogP contribution in [0.5, 0.6) is 5.75 Å². The Bertz CT molecular complexity index is 484. The van der Waals surface area contributed by atoms with Crippen LogP contribution in [0.4, 0.5) is 0 Å². The van der Waals surface area contributed by atoms with Gasteiger partial charge in [0.1, 0.15) is 18.0 Å². The number of nitrogens with two attached hydrogens (primary N) is 1. The largest absolute Gasteiger partial charge is 0.489 e. The molecule has 116 valence electrons. The van der Waals surface area contributed by atoms with Gasteiger partial charge in [0.25, 0.3) is 0 Å².